The van der Waals surface area contributed by atoms with Crippen LogP contribution in [0.15, 0.2) is 30.7 Å². The molecule has 8 heteroatoms. The number of anilines is 2. The van der Waals surface area contributed by atoms with Crippen molar-refractivity contribution in [2.45, 2.75) is 0 Å². The fourth-order valence-electron chi connectivity index (χ4n) is 2.53. The zero-order chi connectivity index (χ0) is 15.6. The smallest absolute Gasteiger partial charge is 0.219 e. The highest BCUT2D eigenvalue weighted by molar-refractivity contribution is 5.87. The van der Waals surface area contributed by atoms with Gasteiger partial charge in [-0.3, -0.25) is 4.98 Å². The molecule has 0 aliphatic carbocycles. The average molecular weight is 309 g/mol. The van der Waals surface area contributed by atoms with Crippen molar-refractivity contribution in [3.63, 3.8) is 0 Å². The van der Waals surface area contributed by atoms with Gasteiger partial charge < -0.3 is 15.4 Å². The molecule has 1 saturated heterocycles. The molecule has 4 heterocycles. The Kier molecular flexibility index (Phi) is 3.43. The van der Waals surface area contributed by atoms with Crippen molar-refractivity contribution < 1.29 is 4.74 Å². The summed E-state index contributed by atoms with van der Waals surface area (Å²) < 4.78 is 5.42. The molecule has 0 aromatic carbocycles. The lowest BCUT2D eigenvalue weighted by Crippen LogP contribution is -2.37. The standard InChI is InChI=1S/C15H15N7O/c16-15-18-8-10(9-19-15)13-20-11-2-1-3-17-12(11)14(21-13)22-4-6-23-7-5-22/h1-3,8-9H,4-7H2,(H2,16,18,19). The van der Waals surface area contributed by atoms with Crippen molar-refractivity contribution in [3.8, 4) is 11.4 Å². The third-order valence-electron chi connectivity index (χ3n) is 3.68. The van der Waals surface area contributed by atoms with Gasteiger partial charge in [0.25, 0.3) is 0 Å². The zero-order valence-electron chi connectivity index (χ0n) is 12.4. The van der Waals surface area contributed by atoms with E-state index >= 15 is 0 Å². The summed E-state index contributed by atoms with van der Waals surface area (Å²) >= 11 is 0. The Bertz CT molecular complexity index is 831. The molecule has 116 valence electrons. The van der Waals surface area contributed by atoms with Gasteiger partial charge in [0.15, 0.2) is 11.6 Å². The molecule has 1 fully saturated rings. The lowest BCUT2D eigenvalue weighted by molar-refractivity contribution is 0.122. The number of hydrogen-bond donors (Lipinski definition) is 1. The monoisotopic (exact) mass is 309 g/mol. The number of fused-ring (bicyclic) bond motifs is 1. The van der Waals surface area contributed by atoms with Gasteiger partial charge in [0.2, 0.25) is 5.95 Å². The minimum Gasteiger partial charge on any atom is -0.378 e. The molecule has 1 aliphatic rings. The van der Waals surface area contributed by atoms with E-state index in [4.69, 9.17) is 15.5 Å². The maximum absolute atomic E-state index is 5.55. The van der Waals surface area contributed by atoms with Crippen LogP contribution < -0.4 is 10.6 Å². The van der Waals surface area contributed by atoms with Crippen molar-refractivity contribution in [3.05, 3.63) is 30.7 Å². The van der Waals surface area contributed by atoms with Crippen molar-refractivity contribution in [2.75, 3.05) is 36.9 Å². The largest absolute Gasteiger partial charge is 0.378 e. The summed E-state index contributed by atoms with van der Waals surface area (Å²) in [6.45, 7) is 2.91. The van der Waals surface area contributed by atoms with E-state index < -0.39 is 0 Å². The van der Waals surface area contributed by atoms with E-state index in [1.807, 2.05) is 12.1 Å². The Morgan fingerprint density at radius 2 is 1.83 bits per heavy atom. The Balaban J connectivity index is 1.87. The molecule has 3 aromatic rings. The first kappa shape index (κ1) is 13.8. The number of hydrogen-bond acceptors (Lipinski definition) is 8. The Hall–Kier alpha value is -2.87. The number of pyridine rings is 1. The first-order valence-corrected chi connectivity index (χ1v) is 7.34. The second-order valence-corrected chi connectivity index (χ2v) is 5.17. The first-order valence-electron chi connectivity index (χ1n) is 7.34. The Morgan fingerprint density at radius 3 is 2.61 bits per heavy atom. The highest BCUT2D eigenvalue weighted by Crippen LogP contribution is 2.26. The zero-order valence-corrected chi connectivity index (χ0v) is 12.4. The summed E-state index contributed by atoms with van der Waals surface area (Å²) in [6.07, 6.45) is 5.01. The predicted octanol–water partition coefficient (Wildman–Crippen LogP) is 0.901. The van der Waals surface area contributed by atoms with Crippen LogP contribution in [0, 0.1) is 0 Å². The topological polar surface area (TPSA) is 103 Å². The van der Waals surface area contributed by atoms with Crippen LogP contribution in [0.25, 0.3) is 22.4 Å². The van der Waals surface area contributed by atoms with Crippen molar-refractivity contribution in [2.24, 2.45) is 0 Å². The van der Waals surface area contributed by atoms with Crippen LogP contribution in [0.1, 0.15) is 0 Å². The van der Waals surface area contributed by atoms with Crippen LogP contribution in [-0.4, -0.2) is 51.2 Å². The lowest BCUT2D eigenvalue weighted by atomic mass is 10.2. The van der Waals surface area contributed by atoms with Gasteiger partial charge in [-0.15, -0.1) is 0 Å². The van der Waals surface area contributed by atoms with Crippen LogP contribution in [0.4, 0.5) is 11.8 Å². The molecule has 2 N–H and O–H groups in total. The third-order valence-corrected chi connectivity index (χ3v) is 3.68. The summed E-state index contributed by atoms with van der Waals surface area (Å²) in [5.41, 5.74) is 7.84. The molecular formula is C15H15N7O. The fraction of sp³-hybridized carbons (Fsp3) is 0.267. The number of nitrogens with two attached hydrogens (primary N) is 1. The normalized spacial score (nSPS) is 15.0. The molecule has 4 rings (SSSR count). The second-order valence-electron chi connectivity index (χ2n) is 5.17. The number of nitrogen functional groups attached to an aromatic ring is 1. The molecule has 0 bridgehead atoms. The number of ether oxygens (including phenoxy) is 1. The number of morpholine rings is 1. The van der Waals surface area contributed by atoms with E-state index in [0.29, 0.717) is 19.0 Å². The Labute approximate surface area is 132 Å². The second kappa shape index (κ2) is 5.73. The average Bonchev–Trinajstić information content (AvgIpc) is 2.62. The third kappa shape index (κ3) is 2.64. The number of rotatable bonds is 2. The van der Waals surface area contributed by atoms with Gasteiger partial charge in [-0.25, -0.2) is 19.9 Å². The molecule has 0 atom stereocenters. The highest BCUT2D eigenvalue weighted by atomic mass is 16.5. The van der Waals surface area contributed by atoms with Crippen LogP contribution in [0.3, 0.4) is 0 Å². The van der Waals surface area contributed by atoms with E-state index in [-0.39, 0.29) is 5.95 Å². The maximum Gasteiger partial charge on any atom is 0.219 e. The first-order chi connectivity index (χ1) is 11.3. The molecule has 23 heavy (non-hydrogen) atoms. The van der Waals surface area contributed by atoms with Crippen LogP contribution >= 0.6 is 0 Å². The van der Waals surface area contributed by atoms with E-state index in [0.717, 1.165) is 35.5 Å². The maximum atomic E-state index is 5.55. The van der Waals surface area contributed by atoms with E-state index in [1.165, 1.54) is 0 Å². The lowest BCUT2D eigenvalue weighted by Gasteiger charge is -2.28. The molecule has 0 radical (unpaired) electrons. The van der Waals surface area contributed by atoms with Crippen molar-refractivity contribution >= 4 is 22.8 Å². The minimum absolute atomic E-state index is 0.226. The summed E-state index contributed by atoms with van der Waals surface area (Å²) in [5.74, 6) is 1.60. The molecule has 8 nitrogen and oxygen atoms in total. The van der Waals surface area contributed by atoms with Crippen LogP contribution in [0.2, 0.25) is 0 Å². The van der Waals surface area contributed by atoms with E-state index in [1.54, 1.807) is 18.6 Å². The van der Waals surface area contributed by atoms with E-state index in [9.17, 15) is 0 Å². The van der Waals surface area contributed by atoms with Crippen molar-refractivity contribution in [1.29, 1.82) is 0 Å². The summed E-state index contributed by atoms with van der Waals surface area (Å²) in [7, 11) is 0. The predicted molar refractivity (Wildman–Crippen MR) is 85.8 cm³/mol. The van der Waals surface area contributed by atoms with Gasteiger partial charge >= 0.3 is 0 Å². The highest BCUT2D eigenvalue weighted by Gasteiger charge is 2.18. The number of nitrogens with zero attached hydrogens (tertiary/aromatic N) is 6. The fourth-order valence-corrected chi connectivity index (χ4v) is 2.53. The molecule has 3 aromatic heterocycles. The molecule has 0 saturated carbocycles. The van der Waals surface area contributed by atoms with Crippen LogP contribution in [-0.2, 0) is 4.74 Å². The summed E-state index contributed by atoms with van der Waals surface area (Å²) in [6, 6.07) is 3.79. The van der Waals surface area contributed by atoms with Gasteiger partial charge in [-0.1, -0.05) is 0 Å². The summed E-state index contributed by atoms with van der Waals surface area (Å²) in [4.78, 5) is 23.9. The van der Waals surface area contributed by atoms with Crippen LogP contribution in [0.5, 0.6) is 0 Å². The summed E-state index contributed by atoms with van der Waals surface area (Å²) in [5, 5.41) is 0. The minimum atomic E-state index is 0.226. The van der Waals surface area contributed by atoms with Gasteiger partial charge in [-0.05, 0) is 12.1 Å². The molecular weight excluding hydrogens is 294 g/mol. The van der Waals surface area contributed by atoms with Gasteiger partial charge in [0.05, 0.1) is 24.3 Å². The number of aromatic nitrogens is 5. The van der Waals surface area contributed by atoms with Crippen molar-refractivity contribution in [1.82, 2.24) is 24.9 Å². The molecule has 0 amide bonds. The van der Waals surface area contributed by atoms with Gasteiger partial charge in [0, 0.05) is 31.7 Å². The van der Waals surface area contributed by atoms with Gasteiger partial charge in [0.1, 0.15) is 5.52 Å². The Morgan fingerprint density at radius 1 is 1.04 bits per heavy atom. The SMILES string of the molecule is Nc1ncc(-c2nc(N3CCOCC3)c3ncccc3n2)cn1. The quantitative estimate of drug-likeness (QED) is 0.745. The van der Waals surface area contributed by atoms with Gasteiger partial charge in [-0.2, -0.15) is 0 Å². The molecule has 1 aliphatic heterocycles. The molecule has 0 spiro atoms. The molecule has 0 unspecified atom stereocenters. The van der Waals surface area contributed by atoms with E-state index in [2.05, 4.69) is 24.8 Å².